The molecule has 0 saturated carbocycles. The second kappa shape index (κ2) is 5.14. The Balaban J connectivity index is 2.22. The van der Waals surface area contributed by atoms with E-state index in [1.165, 1.54) is 0 Å². The van der Waals surface area contributed by atoms with Crippen LogP contribution in [-0.4, -0.2) is 37.0 Å². The highest BCUT2D eigenvalue weighted by Crippen LogP contribution is 2.16. The number of piperazine rings is 1. The van der Waals surface area contributed by atoms with Gasteiger partial charge in [0.2, 0.25) is 0 Å². The Morgan fingerprint density at radius 1 is 1.38 bits per heavy atom. The van der Waals surface area contributed by atoms with Crippen molar-refractivity contribution in [2.24, 2.45) is 0 Å². The molecule has 1 fully saturated rings. The molecule has 0 aromatic heterocycles. The lowest BCUT2D eigenvalue weighted by atomic mass is 10.1. The number of hydrogen-bond donors (Lipinski definition) is 1. The number of rotatable bonds is 1. The van der Waals surface area contributed by atoms with E-state index >= 15 is 0 Å². The predicted molar refractivity (Wildman–Crippen MR) is 72.7 cm³/mol. The van der Waals surface area contributed by atoms with Crippen molar-refractivity contribution in [3.63, 3.8) is 0 Å². The third-order valence-corrected chi connectivity index (χ3v) is 3.70. The molecule has 16 heavy (non-hydrogen) atoms. The Hall–Kier alpha value is -0.620. The number of nitrogens with zero attached hydrogens (tertiary/aromatic N) is 1. The molecule has 0 unspecified atom stereocenters. The van der Waals surface area contributed by atoms with Gasteiger partial charge in [0.1, 0.15) is 0 Å². The normalized spacial score (nSPS) is 16.2. The molecule has 1 saturated heterocycles. The topological polar surface area (TPSA) is 32.3 Å². The van der Waals surface area contributed by atoms with Crippen LogP contribution < -0.4 is 5.32 Å². The van der Waals surface area contributed by atoms with E-state index in [0.717, 1.165) is 40.9 Å². The number of aryl methyl sites for hydroxylation is 1. The summed E-state index contributed by atoms with van der Waals surface area (Å²) in [5, 5.41) is 3.25. The molecule has 1 amide bonds. The lowest BCUT2D eigenvalue weighted by Gasteiger charge is -2.27. The lowest BCUT2D eigenvalue weighted by molar-refractivity contribution is 0.0734. The second-order valence-electron chi connectivity index (χ2n) is 4.03. The highest BCUT2D eigenvalue weighted by atomic mass is 127. The highest BCUT2D eigenvalue weighted by molar-refractivity contribution is 14.1. The number of nitrogens with one attached hydrogen (secondary N) is 1. The fraction of sp³-hybridized carbons (Fsp3) is 0.417. The number of halogens is 1. The van der Waals surface area contributed by atoms with Crippen LogP contribution in [0.1, 0.15) is 15.9 Å². The zero-order valence-corrected chi connectivity index (χ0v) is 11.5. The van der Waals surface area contributed by atoms with Crippen molar-refractivity contribution in [2.75, 3.05) is 26.2 Å². The summed E-state index contributed by atoms with van der Waals surface area (Å²) in [6.07, 6.45) is 0. The highest BCUT2D eigenvalue weighted by Gasteiger charge is 2.19. The van der Waals surface area contributed by atoms with Gasteiger partial charge in [-0.3, -0.25) is 4.79 Å². The van der Waals surface area contributed by atoms with Gasteiger partial charge < -0.3 is 10.2 Å². The summed E-state index contributed by atoms with van der Waals surface area (Å²) in [4.78, 5) is 14.2. The summed E-state index contributed by atoms with van der Waals surface area (Å²) in [5.41, 5.74) is 1.97. The van der Waals surface area contributed by atoms with Crippen LogP contribution in [0.25, 0.3) is 0 Å². The largest absolute Gasteiger partial charge is 0.336 e. The third-order valence-electron chi connectivity index (χ3n) is 2.76. The molecule has 2 rings (SSSR count). The van der Waals surface area contributed by atoms with Crippen LogP contribution in [0, 0.1) is 10.5 Å². The van der Waals surface area contributed by atoms with Crippen molar-refractivity contribution in [3.8, 4) is 0 Å². The third kappa shape index (κ3) is 2.55. The summed E-state index contributed by atoms with van der Waals surface area (Å²) < 4.78 is 1.03. The van der Waals surface area contributed by atoms with Crippen molar-refractivity contribution >= 4 is 28.5 Å². The van der Waals surface area contributed by atoms with Crippen LogP contribution in [0.5, 0.6) is 0 Å². The predicted octanol–water partition coefficient (Wildman–Crippen LogP) is 1.65. The average molecular weight is 330 g/mol. The number of benzene rings is 1. The van der Waals surface area contributed by atoms with Crippen molar-refractivity contribution in [1.29, 1.82) is 0 Å². The zero-order valence-electron chi connectivity index (χ0n) is 9.29. The van der Waals surface area contributed by atoms with Crippen LogP contribution in [0.3, 0.4) is 0 Å². The zero-order chi connectivity index (χ0) is 11.5. The molecule has 86 valence electrons. The van der Waals surface area contributed by atoms with Crippen molar-refractivity contribution < 1.29 is 4.79 Å². The molecule has 1 aliphatic rings. The van der Waals surface area contributed by atoms with E-state index in [9.17, 15) is 4.79 Å². The fourth-order valence-corrected chi connectivity index (χ4v) is 2.41. The Morgan fingerprint density at radius 3 is 2.75 bits per heavy atom. The van der Waals surface area contributed by atoms with E-state index in [2.05, 4.69) is 27.9 Å². The van der Waals surface area contributed by atoms with E-state index < -0.39 is 0 Å². The van der Waals surface area contributed by atoms with Gasteiger partial charge in [0.05, 0.1) is 5.56 Å². The SMILES string of the molecule is Cc1ccc(I)c(C(=O)N2CCNCC2)c1. The molecule has 4 heteroatoms. The number of amides is 1. The first-order valence-corrected chi connectivity index (χ1v) is 6.52. The maximum Gasteiger partial charge on any atom is 0.255 e. The Labute approximate surface area is 109 Å². The number of hydrogen-bond acceptors (Lipinski definition) is 2. The molecule has 0 spiro atoms. The molecule has 1 aromatic carbocycles. The molecule has 0 bridgehead atoms. The van der Waals surface area contributed by atoms with Gasteiger partial charge in [-0.25, -0.2) is 0 Å². The number of carbonyl (C=O) groups is 1. The summed E-state index contributed by atoms with van der Waals surface area (Å²) >= 11 is 2.23. The Kier molecular flexibility index (Phi) is 3.81. The van der Waals surface area contributed by atoms with Gasteiger partial charge in [-0.1, -0.05) is 11.6 Å². The Bertz CT molecular complexity index is 400. The maximum absolute atomic E-state index is 12.3. The second-order valence-corrected chi connectivity index (χ2v) is 5.19. The molecular weight excluding hydrogens is 315 g/mol. The van der Waals surface area contributed by atoms with E-state index in [-0.39, 0.29) is 5.91 Å². The minimum Gasteiger partial charge on any atom is -0.336 e. The summed E-state index contributed by atoms with van der Waals surface area (Å²) in [5.74, 6) is 0.162. The molecule has 3 nitrogen and oxygen atoms in total. The molecule has 1 heterocycles. The summed E-state index contributed by atoms with van der Waals surface area (Å²) in [7, 11) is 0. The minimum atomic E-state index is 0.162. The van der Waals surface area contributed by atoms with Gasteiger partial charge in [-0.15, -0.1) is 0 Å². The van der Waals surface area contributed by atoms with Crippen molar-refractivity contribution in [3.05, 3.63) is 32.9 Å². The van der Waals surface area contributed by atoms with Gasteiger partial charge >= 0.3 is 0 Å². The monoisotopic (exact) mass is 330 g/mol. The van der Waals surface area contributed by atoms with E-state index in [0.29, 0.717) is 0 Å². The first-order valence-electron chi connectivity index (χ1n) is 5.44. The van der Waals surface area contributed by atoms with Gasteiger partial charge in [-0.2, -0.15) is 0 Å². The molecule has 1 N–H and O–H groups in total. The molecule has 0 radical (unpaired) electrons. The quantitative estimate of drug-likeness (QED) is 0.794. The standard InChI is InChI=1S/C12H15IN2O/c1-9-2-3-11(13)10(8-9)12(16)15-6-4-14-5-7-15/h2-3,8,14H,4-7H2,1H3. The van der Waals surface area contributed by atoms with Gasteiger partial charge in [0.15, 0.2) is 0 Å². The fourth-order valence-electron chi connectivity index (χ4n) is 1.84. The smallest absolute Gasteiger partial charge is 0.255 e. The Morgan fingerprint density at radius 2 is 2.06 bits per heavy atom. The summed E-state index contributed by atoms with van der Waals surface area (Å²) in [6, 6.07) is 6.02. The average Bonchev–Trinajstić information content (AvgIpc) is 2.32. The first kappa shape index (κ1) is 11.9. The van der Waals surface area contributed by atoms with Crippen LogP contribution in [0.4, 0.5) is 0 Å². The molecule has 1 aromatic rings. The van der Waals surface area contributed by atoms with Gasteiger partial charge in [0.25, 0.3) is 5.91 Å². The van der Waals surface area contributed by atoms with E-state index in [4.69, 9.17) is 0 Å². The van der Waals surface area contributed by atoms with E-state index in [1.54, 1.807) is 0 Å². The minimum absolute atomic E-state index is 0.162. The van der Waals surface area contributed by atoms with E-state index in [1.807, 2.05) is 30.0 Å². The molecule has 0 atom stereocenters. The molecular formula is C12H15IN2O. The summed E-state index contributed by atoms with van der Waals surface area (Å²) in [6.45, 7) is 5.43. The van der Waals surface area contributed by atoms with Crippen LogP contribution in [-0.2, 0) is 0 Å². The van der Waals surface area contributed by atoms with Gasteiger partial charge in [-0.05, 0) is 41.6 Å². The van der Waals surface area contributed by atoms with Crippen LogP contribution in [0.15, 0.2) is 18.2 Å². The van der Waals surface area contributed by atoms with Gasteiger partial charge in [0, 0.05) is 29.7 Å². The van der Waals surface area contributed by atoms with Crippen molar-refractivity contribution in [2.45, 2.75) is 6.92 Å². The maximum atomic E-state index is 12.3. The molecule has 1 aliphatic heterocycles. The first-order chi connectivity index (χ1) is 7.68. The molecule has 0 aliphatic carbocycles. The lowest BCUT2D eigenvalue weighted by Crippen LogP contribution is -2.46. The van der Waals surface area contributed by atoms with Crippen LogP contribution >= 0.6 is 22.6 Å². The van der Waals surface area contributed by atoms with Crippen LogP contribution in [0.2, 0.25) is 0 Å². The van der Waals surface area contributed by atoms with Crippen molar-refractivity contribution in [1.82, 2.24) is 10.2 Å². The number of carbonyl (C=O) groups excluding carboxylic acids is 1.